The number of halogens is 1. The lowest BCUT2D eigenvalue weighted by Crippen LogP contribution is -2.49. The molecule has 0 spiro atoms. The largest absolute Gasteiger partial charge is 0.486 e. The van der Waals surface area contributed by atoms with Crippen molar-refractivity contribution in [3.05, 3.63) is 60.0 Å². The van der Waals surface area contributed by atoms with Crippen molar-refractivity contribution in [1.29, 1.82) is 0 Å². The number of rotatable bonds is 4. The van der Waals surface area contributed by atoms with Gasteiger partial charge < -0.3 is 23.8 Å². The number of aromatic nitrogens is 1. The SMILES string of the molecule is O=C(Cc1cc(-c2ccc3c(c2)OCCO3)on1)N1CCN(c2ccc(F)cc2)CC1. The number of piperazine rings is 1. The van der Waals surface area contributed by atoms with E-state index in [1.165, 1.54) is 12.1 Å². The molecule has 0 bridgehead atoms. The Balaban J connectivity index is 1.19. The van der Waals surface area contributed by atoms with E-state index in [2.05, 4.69) is 10.1 Å². The molecule has 0 saturated carbocycles. The fraction of sp³-hybridized carbons (Fsp3) is 0.304. The fourth-order valence-corrected chi connectivity index (χ4v) is 3.86. The Morgan fingerprint density at radius 3 is 2.45 bits per heavy atom. The Morgan fingerprint density at radius 2 is 1.68 bits per heavy atom. The summed E-state index contributed by atoms with van der Waals surface area (Å²) in [6.07, 6.45) is 0.185. The first-order chi connectivity index (χ1) is 15.2. The number of hydrogen-bond acceptors (Lipinski definition) is 6. The summed E-state index contributed by atoms with van der Waals surface area (Å²) in [5.41, 5.74) is 2.38. The summed E-state index contributed by atoms with van der Waals surface area (Å²) in [5, 5.41) is 4.07. The maximum atomic E-state index is 13.1. The van der Waals surface area contributed by atoms with Crippen molar-refractivity contribution in [2.24, 2.45) is 0 Å². The van der Waals surface area contributed by atoms with Crippen LogP contribution < -0.4 is 14.4 Å². The van der Waals surface area contributed by atoms with Crippen LogP contribution in [-0.4, -0.2) is 55.4 Å². The molecule has 1 saturated heterocycles. The lowest BCUT2D eigenvalue weighted by molar-refractivity contribution is -0.130. The van der Waals surface area contributed by atoms with Crippen molar-refractivity contribution >= 4 is 11.6 Å². The minimum atomic E-state index is -0.249. The molecule has 2 aromatic carbocycles. The molecule has 1 amide bonds. The van der Waals surface area contributed by atoms with Crippen LogP contribution >= 0.6 is 0 Å². The van der Waals surface area contributed by atoms with Crippen LogP contribution in [0.3, 0.4) is 0 Å². The van der Waals surface area contributed by atoms with Gasteiger partial charge in [-0.2, -0.15) is 0 Å². The Bertz CT molecular complexity index is 1070. The third kappa shape index (κ3) is 4.19. The van der Waals surface area contributed by atoms with Gasteiger partial charge in [0.25, 0.3) is 0 Å². The van der Waals surface area contributed by atoms with Crippen molar-refractivity contribution < 1.29 is 23.2 Å². The van der Waals surface area contributed by atoms with E-state index in [1.54, 1.807) is 18.2 Å². The third-order valence-electron chi connectivity index (χ3n) is 5.54. The van der Waals surface area contributed by atoms with E-state index in [9.17, 15) is 9.18 Å². The molecule has 0 atom stereocenters. The number of hydrogen-bond donors (Lipinski definition) is 0. The summed E-state index contributed by atoms with van der Waals surface area (Å²) in [6, 6.07) is 13.8. The summed E-state index contributed by atoms with van der Waals surface area (Å²) in [7, 11) is 0. The molecule has 2 aliphatic rings. The monoisotopic (exact) mass is 423 g/mol. The summed E-state index contributed by atoms with van der Waals surface area (Å²) in [6.45, 7) is 3.70. The second-order valence-electron chi connectivity index (χ2n) is 7.56. The summed E-state index contributed by atoms with van der Waals surface area (Å²) < 4.78 is 29.7. The fourth-order valence-electron chi connectivity index (χ4n) is 3.86. The molecular formula is C23H22FN3O4. The molecule has 0 radical (unpaired) electrons. The number of carbonyl (C=O) groups is 1. The van der Waals surface area contributed by atoms with Crippen LogP contribution in [0, 0.1) is 5.82 Å². The normalized spacial score (nSPS) is 15.8. The lowest BCUT2D eigenvalue weighted by atomic mass is 10.1. The van der Waals surface area contributed by atoms with Gasteiger partial charge >= 0.3 is 0 Å². The second-order valence-corrected chi connectivity index (χ2v) is 7.56. The first-order valence-corrected chi connectivity index (χ1v) is 10.3. The maximum Gasteiger partial charge on any atom is 0.228 e. The molecule has 1 fully saturated rings. The molecule has 3 heterocycles. The predicted molar refractivity (Wildman–Crippen MR) is 112 cm³/mol. The van der Waals surface area contributed by atoms with Crippen LogP contribution in [0.15, 0.2) is 53.1 Å². The van der Waals surface area contributed by atoms with E-state index in [4.69, 9.17) is 14.0 Å². The molecule has 0 aliphatic carbocycles. The number of benzene rings is 2. The van der Waals surface area contributed by atoms with Gasteiger partial charge in [0.1, 0.15) is 19.0 Å². The van der Waals surface area contributed by atoms with E-state index >= 15 is 0 Å². The van der Waals surface area contributed by atoms with Gasteiger partial charge in [-0.25, -0.2) is 4.39 Å². The van der Waals surface area contributed by atoms with Crippen molar-refractivity contribution in [3.63, 3.8) is 0 Å². The predicted octanol–water partition coefficient (Wildman–Crippen LogP) is 3.14. The van der Waals surface area contributed by atoms with Crippen molar-refractivity contribution in [2.75, 3.05) is 44.3 Å². The Labute approximate surface area is 178 Å². The number of ether oxygens (including phenoxy) is 2. The van der Waals surface area contributed by atoms with Gasteiger partial charge in [0.05, 0.1) is 12.1 Å². The number of amides is 1. The number of fused-ring (bicyclic) bond motifs is 1. The van der Waals surface area contributed by atoms with E-state index in [0.29, 0.717) is 62.3 Å². The standard InChI is InChI=1S/C23H22FN3O4/c24-17-2-4-19(5-3-17)26-7-9-27(10-8-26)23(28)15-18-14-21(31-25-18)16-1-6-20-22(13-16)30-12-11-29-20/h1-6,13-14H,7-12,15H2. The van der Waals surface area contributed by atoms with Crippen LogP contribution in [0.5, 0.6) is 11.5 Å². The van der Waals surface area contributed by atoms with E-state index < -0.39 is 0 Å². The van der Waals surface area contributed by atoms with Crippen molar-refractivity contribution in [1.82, 2.24) is 10.1 Å². The molecule has 2 aliphatic heterocycles. The van der Waals surface area contributed by atoms with E-state index in [-0.39, 0.29) is 18.1 Å². The Hall–Kier alpha value is -3.55. The highest BCUT2D eigenvalue weighted by Crippen LogP contribution is 2.34. The summed E-state index contributed by atoms with van der Waals surface area (Å²) in [5.74, 6) is 1.74. The first-order valence-electron chi connectivity index (χ1n) is 10.3. The minimum Gasteiger partial charge on any atom is -0.486 e. The van der Waals surface area contributed by atoms with Crippen LogP contribution in [0.4, 0.5) is 10.1 Å². The molecule has 7 nitrogen and oxygen atoms in total. The molecule has 0 N–H and O–H groups in total. The first kappa shape index (κ1) is 19.4. The Morgan fingerprint density at radius 1 is 0.935 bits per heavy atom. The van der Waals surface area contributed by atoms with Gasteiger partial charge in [-0.3, -0.25) is 4.79 Å². The number of nitrogens with zero attached hydrogens (tertiary/aromatic N) is 3. The highest BCUT2D eigenvalue weighted by Gasteiger charge is 2.23. The lowest BCUT2D eigenvalue weighted by Gasteiger charge is -2.36. The topological polar surface area (TPSA) is 68.0 Å². The van der Waals surface area contributed by atoms with E-state index in [1.807, 2.05) is 23.1 Å². The van der Waals surface area contributed by atoms with Crippen LogP contribution in [0.25, 0.3) is 11.3 Å². The van der Waals surface area contributed by atoms with Gasteiger partial charge in [0, 0.05) is 43.5 Å². The molecule has 3 aromatic rings. The second kappa shape index (κ2) is 8.29. The number of carbonyl (C=O) groups excluding carboxylic acids is 1. The summed E-state index contributed by atoms with van der Waals surface area (Å²) >= 11 is 0. The van der Waals surface area contributed by atoms with Crippen molar-refractivity contribution in [3.8, 4) is 22.8 Å². The van der Waals surface area contributed by atoms with Gasteiger partial charge in [-0.15, -0.1) is 0 Å². The van der Waals surface area contributed by atoms with Crippen LogP contribution in [0.1, 0.15) is 5.69 Å². The van der Waals surface area contributed by atoms with Gasteiger partial charge in [0.2, 0.25) is 5.91 Å². The zero-order valence-corrected chi connectivity index (χ0v) is 16.9. The molecule has 8 heteroatoms. The zero-order valence-electron chi connectivity index (χ0n) is 16.9. The molecular weight excluding hydrogens is 401 g/mol. The minimum absolute atomic E-state index is 0.0146. The summed E-state index contributed by atoms with van der Waals surface area (Å²) in [4.78, 5) is 16.7. The Kier molecular flexibility index (Phi) is 5.19. The molecule has 160 valence electrons. The smallest absolute Gasteiger partial charge is 0.228 e. The average Bonchev–Trinajstić information content (AvgIpc) is 3.28. The van der Waals surface area contributed by atoms with Gasteiger partial charge in [-0.05, 0) is 42.5 Å². The van der Waals surface area contributed by atoms with Crippen molar-refractivity contribution in [2.45, 2.75) is 6.42 Å². The average molecular weight is 423 g/mol. The zero-order chi connectivity index (χ0) is 21.2. The maximum absolute atomic E-state index is 13.1. The highest BCUT2D eigenvalue weighted by atomic mass is 19.1. The third-order valence-corrected chi connectivity index (χ3v) is 5.54. The number of anilines is 1. The molecule has 5 rings (SSSR count). The van der Waals surface area contributed by atoms with Crippen LogP contribution in [0.2, 0.25) is 0 Å². The van der Waals surface area contributed by atoms with Gasteiger partial charge in [-0.1, -0.05) is 5.16 Å². The quantitative estimate of drug-likeness (QED) is 0.642. The molecule has 31 heavy (non-hydrogen) atoms. The van der Waals surface area contributed by atoms with E-state index in [0.717, 1.165) is 11.3 Å². The molecule has 0 unspecified atom stereocenters. The molecule has 1 aromatic heterocycles. The van der Waals surface area contributed by atoms with Crippen LogP contribution in [-0.2, 0) is 11.2 Å². The van der Waals surface area contributed by atoms with Gasteiger partial charge in [0.15, 0.2) is 17.3 Å². The highest BCUT2D eigenvalue weighted by molar-refractivity contribution is 5.79.